The fourth-order valence-electron chi connectivity index (χ4n) is 8.79. The van der Waals surface area contributed by atoms with Gasteiger partial charge in [0.2, 0.25) is 0 Å². The molecule has 0 heterocycles. The van der Waals surface area contributed by atoms with E-state index in [4.69, 9.17) is 14.2 Å². The highest BCUT2D eigenvalue weighted by atomic mass is 16.6. The number of rotatable bonds is 57. The van der Waals surface area contributed by atoms with Gasteiger partial charge in [0.05, 0.1) is 0 Å². The third-order valence-electron chi connectivity index (χ3n) is 13.5. The van der Waals surface area contributed by atoms with Crippen LogP contribution in [-0.2, 0) is 28.6 Å². The third-order valence-corrected chi connectivity index (χ3v) is 13.5. The van der Waals surface area contributed by atoms with Gasteiger partial charge in [-0.2, -0.15) is 0 Å². The number of hydrogen-bond acceptors (Lipinski definition) is 6. The van der Waals surface area contributed by atoms with E-state index in [1.165, 1.54) is 148 Å². The van der Waals surface area contributed by atoms with Crippen molar-refractivity contribution in [3.05, 3.63) is 97.2 Å². The SMILES string of the molecule is CC/C=C\C/C=C\C/C=C\C/C=C\C/C=C\C/C=C\CCCCCCCCCCCCC(=O)OCC(COC(=O)CCCCCCC/C=C\CCCCCC)OC(=O)CCCCCCC/C=C\CCCCCCCC. The monoisotopic (exact) mass is 1040 g/mol. The molecule has 0 radical (unpaired) electrons. The Morgan fingerprint density at radius 1 is 0.280 bits per heavy atom. The van der Waals surface area contributed by atoms with Crippen LogP contribution in [0.5, 0.6) is 0 Å². The molecule has 0 spiro atoms. The maximum absolute atomic E-state index is 12.9. The van der Waals surface area contributed by atoms with Crippen LogP contribution in [0, 0.1) is 0 Å². The first-order valence-corrected chi connectivity index (χ1v) is 31.7. The Balaban J connectivity index is 4.28. The van der Waals surface area contributed by atoms with Gasteiger partial charge in [-0.15, -0.1) is 0 Å². The van der Waals surface area contributed by atoms with Crippen molar-refractivity contribution < 1.29 is 28.6 Å². The van der Waals surface area contributed by atoms with Crippen LogP contribution >= 0.6 is 0 Å². The van der Waals surface area contributed by atoms with Gasteiger partial charge >= 0.3 is 17.9 Å². The fraction of sp³-hybridized carbons (Fsp3) is 0.725. The zero-order valence-corrected chi connectivity index (χ0v) is 49.3. The van der Waals surface area contributed by atoms with Crippen molar-refractivity contribution in [3.8, 4) is 0 Å². The molecule has 0 aliphatic carbocycles. The van der Waals surface area contributed by atoms with Crippen LogP contribution in [0.15, 0.2) is 97.2 Å². The minimum absolute atomic E-state index is 0.0845. The average molecular weight is 1040 g/mol. The topological polar surface area (TPSA) is 78.9 Å². The molecule has 0 rings (SSSR count). The number of carbonyl (C=O) groups excluding carboxylic acids is 3. The first kappa shape index (κ1) is 71.3. The Labute approximate surface area is 464 Å². The van der Waals surface area contributed by atoms with Crippen molar-refractivity contribution in [2.75, 3.05) is 13.2 Å². The zero-order valence-electron chi connectivity index (χ0n) is 49.3. The standard InChI is InChI=1S/C69H118O6/c1-4-7-10-13-16-19-22-25-27-28-29-30-31-32-33-34-35-36-37-38-39-40-42-44-47-50-53-56-59-62-68(71)74-65-66(64-73-67(70)61-58-55-52-49-46-43-24-21-18-15-12-9-6-3)75-69(72)63-60-57-54-51-48-45-41-26-23-20-17-14-11-8-5-2/h7,10,16,19,21,24-27,29-30,32-33,35-36,41,66H,4-6,8-9,11-15,17-18,20,22-23,28,31,34,37-40,42-65H2,1-3H3/b10-7-,19-16-,24-21-,27-25-,30-29-,33-32-,36-35-,41-26-. The van der Waals surface area contributed by atoms with Gasteiger partial charge in [-0.25, -0.2) is 0 Å². The quantitative estimate of drug-likeness (QED) is 0.0261. The van der Waals surface area contributed by atoms with E-state index in [1.807, 2.05) is 0 Å². The van der Waals surface area contributed by atoms with Crippen molar-refractivity contribution in [1.29, 1.82) is 0 Å². The van der Waals surface area contributed by atoms with Gasteiger partial charge in [0.25, 0.3) is 0 Å². The van der Waals surface area contributed by atoms with Gasteiger partial charge in [-0.3, -0.25) is 14.4 Å². The van der Waals surface area contributed by atoms with E-state index < -0.39 is 6.10 Å². The molecule has 0 bridgehead atoms. The van der Waals surface area contributed by atoms with E-state index in [1.54, 1.807) is 0 Å². The van der Waals surface area contributed by atoms with Gasteiger partial charge < -0.3 is 14.2 Å². The molecule has 0 fully saturated rings. The van der Waals surface area contributed by atoms with Gasteiger partial charge in [-0.1, -0.05) is 259 Å². The third kappa shape index (κ3) is 61.1. The number of allylic oxidation sites excluding steroid dienone is 16. The summed E-state index contributed by atoms with van der Waals surface area (Å²) < 4.78 is 16.9. The highest BCUT2D eigenvalue weighted by Crippen LogP contribution is 2.15. The highest BCUT2D eigenvalue weighted by molar-refractivity contribution is 5.71. The molecule has 6 nitrogen and oxygen atoms in total. The Morgan fingerprint density at radius 2 is 0.520 bits per heavy atom. The lowest BCUT2D eigenvalue weighted by atomic mass is 10.1. The van der Waals surface area contributed by atoms with E-state index in [2.05, 4.69) is 118 Å². The lowest BCUT2D eigenvalue weighted by Crippen LogP contribution is -2.30. The van der Waals surface area contributed by atoms with Gasteiger partial charge in [0, 0.05) is 19.3 Å². The van der Waals surface area contributed by atoms with Crippen molar-refractivity contribution in [2.45, 2.75) is 309 Å². The largest absolute Gasteiger partial charge is 0.462 e. The predicted molar refractivity (Wildman–Crippen MR) is 325 cm³/mol. The average Bonchev–Trinajstić information content (AvgIpc) is 3.41. The van der Waals surface area contributed by atoms with Crippen LogP contribution in [0.4, 0.5) is 0 Å². The second-order valence-electron chi connectivity index (χ2n) is 20.9. The summed E-state index contributed by atoms with van der Waals surface area (Å²) in [7, 11) is 0. The fourth-order valence-corrected chi connectivity index (χ4v) is 8.79. The summed E-state index contributed by atoms with van der Waals surface area (Å²) in [5, 5.41) is 0. The van der Waals surface area contributed by atoms with Crippen molar-refractivity contribution in [1.82, 2.24) is 0 Å². The molecule has 0 aliphatic heterocycles. The highest BCUT2D eigenvalue weighted by Gasteiger charge is 2.19. The van der Waals surface area contributed by atoms with Crippen LogP contribution in [-0.4, -0.2) is 37.2 Å². The van der Waals surface area contributed by atoms with E-state index in [0.29, 0.717) is 19.3 Å². The van der Waals surface area contributed by atoms with E-state index in [-0.39, 0.29) is 31.1 Å². The molecule has 0 aromatic carbocycles. The molecular formula is C69H118O6. The summed E-state index contributed by atoms with van der Waals surface area (Å²) >= 11 is 0. The van der Waals surface area contributed by atoms with Crippen LogP contribution < -0.4 is 0 Å². The minimum Gasteiger partial charge on any atom is -0.462 e. The molecule has 430 valence electrons. The molecule has 0 aromatic rings. The first-order chi connectivity index (χ1) is 37.0. The molecule has 1 atom stereocenters. The summed E-state index contributed by atoms with van der Waals surface area (Å²) in [6.45, 7) is 6.51. The van der Waals surface area contributed by atoms with Gasteiger partial charge in [0.1, 0.15) is 13.2 Å². The maximum atomic E-state index is 12.9. The summed E-state index contributed by atoms with van der Waals surface area (Å²) in [6.07, 6.45) is 84.1. The Hall–Kier alpha value is -3.67. The maximum Gasteiger partial charge on any atom is 0.306 e. The summed E-state index contributed by atoms with van der Waals surface area (Å²) in [4.78, 5) is 38.2. The van der Waals surface area contributed by atoms with Crippen molar-refractivity contribution >= 4 is 17.9 Å². The second-order valence-corrected chi connectivity index (χ2v) is 20.9. The molecule has 6 heteroatoms. The van der Waals surface area contributed by atoms with Crippen LogP contribution in [0.3, 0.4) is 0 Å². The van der Waals surface area contributed by atoms with Crippen molar-refractivity contribution in [2.24, 2.45) is 0 Å². The Morgan fingerprint density at radius 3 is 0.840 bits per heavy atom. The molecule has 0 saturated heterocycles. The molecule has 0 amide bonds. The second kappa shape index (κ2) is 62.9. The zero-order chi connectivity index (χ0) is 54.3. The summed E-state index contributed by atoms with van der Waals surface area (Å²) in [5.41, 5.74) is 0. The van der Waals surface area contributed by atoms with E-state index >= 15 is 0 Å². The number of unbranched alkanes of at least 4 members (excludes halogenated alkanes) is 30. The number of esters is 3. The number of hydrogen-bond donors (Lipinski definition) is 0. The molecule has 1 unspecified atom stereocenters. The lowest BCUT2D eigenvalue weighted by molar-refractivity contribution is -0.167. The number of ether oxygens (including phenoxy) is 3. The lowest BCUT2D eigenvalue weighted by Gasteiger charge is -2.18. The van der Waals surface area contributed by atoms with Crippen molar-refractivity contribution in [3.63, 3.8) is 0 Å². The van der Waals surface area contributed by atoms with Gasteiger partial charge in [0.15, 0.2) is 6.10 Å². The normalized spacial score (nSPS) is 12.7. The molecule has 0 aromatic heterocycles. The Kier molecular flexibility index (Phi) is 59.8. The summed E-state index contributed by atoms with van der Waals surface area (Å²) in [5.74, 6) is -0.898. The van der Waals surface area contributed by atoms with E-state index in [0.717, 1.165) is 116 Å². The molecule has 0 saturated carbocycles. The summed E-state index contributed by atoms with van der Waals surface area (Å²) in [6, 6.07) is 0. The molecule has 0 N–H and O–H groups in total. The molecular weight excluding hydrogens is 925 g/mol. The van der Waals surface area contributed by atoms with Crippen LogP contribution in [0.1, 0.15) is 303 Å². The van der Waals surface area contributed by atoms with Crippen LogP contribution in [0.2, 0.25) is 0 Å². The predicted octanol–water partition coefficient (Wildman–Crippen LogP) is 21.7. The molecule has 75 heavy (non-hydrogen) atoms. The smallest absolute Gasteiger partial charge is 0.306 e. The van der Waals surface area contributed by atoms with Gasteiger partial charge in [-0.05, 0) is 122 Å². The molecule has 0 aliphatic rings. The number of carbonyl (C=O) groups is 3. The van der Waals surface area contributed by atoms with Crippen LogP contribution in [0.25, 0.3) is 0 Å². The Bertz CT molecular complexity index is 1480. The van der Waals surface area contributed by atoms with E-state index in [9.17, 15) is 14.4 Å². The first-order valence-electron chi connectivity index (χ1n) is 31.7. The minimum atomic E-state index is -0.787.